The summed E-state index contributed by atoms with van der Waals surface area (Å²) in [6.45, 7) is 4.36. The molecule has 0 radical (unpaired) electrons. The normalized spacial score (nSPS) is 28.3. The average molecular weight is 256 g/mol. The summed E-state index contributed by atoms with van der Waals surface area (Å²) in [6.07, 6.45) is 4.12. The highest BCUT2D eigenvalue weighted by atomic mass is 16.5. The van der Waals surface area contributed by atoms with Gasteiger partial charge >= 0.3 is 5.97 Å². The quantitative estimate of drug-likeness (QED) is 0.607. The van der Waals surface area contributed by atoms with Gasteiger partial charge in [-0.3, -0.25) is 0 Å². The molecule has 2 aliphatic carbocycles. The van der Waals surface area contributed by atoms with E-state index in [0.717, 1.165) is 0 Å². The molecule has 0 aliphatic heterocycles. The van der Waals surface area contributed by atoms with Gasteiger partial charge in [-0.25, -0.2) is 4.79 Å². The van der Waals surface area contributed by atoms with Crippen molar-refractivity contribution in [3.8, 4) is 0 Å². The molecule has 19 heavy (non-hydrogen) atoms. The number of allylic oxidation sites excluding steroid dienone is 1. The van der Waals surface area contributed by atoms with E-state index in [0.29, 0.717) is 24.4 Å². The van der Waals surface area contributed by atoms with Crippen LogP contribution in [0.5, 0.6) is 0 Å². The molecule has 0 N–H and O–H groups in total. The standard InChI is InChI=1S/C17H20O2/c1-3-19-17(18)8-11(2)15-9-12-10-16(15)14-7-5-4-6-13(12)14/h4-8,12,15-16H,3,9-10H2,1-2H3/b11-8-/t12-,15+,16+/m0/s1. The number of carbonyl (C=O) groups excluding carboxylic acids is 1. The second-order valence-corrected chi connectivity index (χ2v) is 5.65. The molecule has 1 aromatic carbocycles. The lowest BCUT2D eigenvalue weighted by molar-refractivity contribution is -0.137. The molecule has 1 aromatic rings. The van der Waals surface area contributed by atoms with Crippen molar-refractivity contribution in [1.82, 2.24) is 0 Å². The van der Waals surface area contributed by atoms with E-state index in [1.165, 1.54) is 29.5 Å². The molecule has 0 aromatic heterocycles. The van der Waals surface area contributed by atoms with Crippen LogP contribution in [0.1, 0.15) is 49.7 Å². The van der Waals surface area contributed by atoms with Crippen molar-refractivity contribution in [3.05, 3.63) is 47.0 Å². The number of hydrogen-bond acceptors (Lipinski definition) is 2. The number of ether oxygens (including phenoxy) is 1. The zero-order valence-corrected chi connectivity index (χ0v) is 11.6. The third-order valence-corrected chi connectivity index (χ3v) is 4.61. The zero-order chi connectivity index (χ0) is 13.4. The summed E-state index contributed by atoms with van der Waals surface area (Å²) >= 11 is 0. The Bertz CT molecular complexity index is 530. The fourth-order valence-corrected chi connectivity index (χ4v) is 3.84. The minimum atomic E-state index is -0.198. The molecule has 1 saturated carbocycles. The first kappa shape index (κ1) is 12.5. The van der Waals surface area contributed by atoms with E-state index < -0.39 is 0 Å². The van der Waals surface area contributed by atoms with E-state index >= 15 is 0 Å². The van der Waals surface area contributed by atoms with Crippen LogP contribution in [0, 0.1) is 5.92 Å². The van der Waals surface area contributed by atoms with Crippen LogP contribution < -0.4 is 0 Å². The number of esters is 1. The van der Waals surface area contributed by atoms with Crippen molar-refractivity contribution in [2.24, 2.45) is 5.92 Å². The largest absolute Gasteiger partial charge is 0.463 e. The molecule has 1 fully saturated rings. The molecule has 2 nitrogen and oxygen atoms in total. The second kappa shape index (κ2) is 4.84. The third-order valence-electron chi connectivity index (χ3n) is 4.61. The number of benzene rings is 1. The predicted octanol–water partition coefficient (Wildman–Crippen LogP) is 3.79. The molecule has 2 heteroatoms. The first-order chi connectivity index (χ1) is 9.20. The van der Waals surface area contributed by atoms with Crippen molar-refractivity contribution in [2.75, 3.05) is 6.61 Å². The lowest BCUT2D eigenvalue weighted by Crippen LogP contribution is -2.13. The average Bonchev–Trinajstić information content (AvgIpc) is 2.98. The fraction of sp³-hybridized carbons (Fsp3) is 0.471. The van der Waals surface area contributed by atoms with Crippen LogP contribution in [0.15, 0.2) is 35.9 Å². The summed E-state index contributed by atoms with van der Waals surface area (Å²) in [6, 6.07) is 8.78. The van der Waals surface area contributed by atoms with Crippen LogP contribution in [0.25, 0.3) is 0 Å². The van der Waals surface area contributed by atoms with Gasteiger partial charge in [0.2, 0.25) is 0 Å². The van der Waals surface area contributed by atoms with Gasteiger partial charge in [-0.05, 0) is 55.6 Å². The van der Waals surface area contributed by atoms with Crippen LogP contribution in [0.2, 0.25) is 0 Å². The van der Waals surface area contributed by atoms with Crippen molar-refractivity contribution >= 4 is 5.97 Å². The van der Waals surface area contributed by atoms with Crippen molar-refractivity contribution < 1.29 is 9.53 Å². The minimum absolute atomic E-state index is 0.198. The molecule has 2 bridgehead atoms. The van der Waals surface area contributed by atoms with E-state index in [1.54, 1.807) is 6.08 Å². The van der Waals surface area contributed by atoms with Gasteiger partial charge in [-0.15, -0.1) is 0 Å². The van der Waals surface area contributed by atoms with E-state index in [1.807, 2.05) is 6.92 Å². The van der Waals surface area contributed by atoms with Crippen LogP contribution in [-0.2, 0) is 9.53 Å². The Balaban J connectivity index is 1.82. The first-order valence-electron chi connectivity index (χ1n) is 7.14. The molecule has 0 saturated heterocycles. The number of fused-ring (bicyclic) bond motifs is 5. The van der Waals surface area contributed by atoms with Crippen LogP contribution in [-0.4, -0.2) is 12.6 Å². The Kier molecular flexibility index (Phi) is 3.17. The lowest BCUT2D eigenvalue weighted by atomic mass is 9.80. The monoisotopic (exact) mass is 256 g/mol. The molecule has 0 unspecified atom stereocenters. The molecule has 2 aliphatic rings. The van der Waals surface area contributed by atoms with Gasteiger partial charge in [-0.2, -0.15) is 0 Å². The molecule has 0 spiro atoms. The Hall–Kier alpha value is -1.57. The van der Waals surface area contributed by atoms with Crippen LogP contribution >= 0.6 is 0 Å². The Labute approximate surface area is 114 Å². The molecular formula is C17H20O2. The smallest absolute Gasteiger partial charge is 0.330 e. The lowest BCUT2D eigenvalue weighted by Gasteiger charge is -2.25. The van der Waals surface area contributed by atoms with Crippen LogP contribution in [0.4, 0.5) is 0 Å². The molecular weight excluding hydrogens is 236 g/mol. The van der Waals surface area contributed by atoms with Crippen LogP contribution in [0.3, 0.4) is 0 Å². The van der Waals surface area contributed by atoms with Gasteiger partial charge in [0.15, 0.2) is 0 Å². The first-order valence-corrected chi connectivity index (χ1v) is 7.14. The van der Waals surface area contributed by atoms with Gasteiger partial charge < -0.3 is 4.74 Å². The van der Waals surface area contributed by atoms with Gasteiger partial charge in [-0.1, -0.05) is 29.8 Å². The van der Waals surface area contributed by atoms with E-state index in [9.17, 15) is 4.79 Å². The highest BCUT2D eigenvalue weighted by molar-refractivity contribution is 5.82. The molecule has 0 amide bonds. The third kappa shape index (κ3) is 2.09. The minimum Gasteiger partial charge on any atom is -0.463 e. The summed E-state index contributed by atoms with van der Waals surface area (Å²) in [5, 5.41) is 0. The second-order valence-electron chi connectivity index (χ2n) is 5.65. The maximum absolute atomic E-state index is 11.6. The van der Waals surface area contributed by atoms with Gasteiger partial charge in [0.05, 0.1) is 6.61 Å². The Morgan fingerprint density at radius 1 is 1.32 bits per heavy atom. The zero-order valence-electron chi connectivity index (χ0n) is 11.6. The van der Waals surface area contributed by atoms with Crippen molar-refractivity contribution in [2.45, 2.75) is 38.5 Å². The van der Waals surface area contributed by atoms with E-state index in [4.69, 9.17) is 4.74 Å². The topological polar surface area (TPSA) is 26.3 Å². The van der Waals surface area contributed by atoms with E-state index in [-0.39, 0.29) is 5.97 Å². The fourth-order valence-electron chi connectivity index (χ4n) is 3.84. The Morgan fingerprint density at radius 2 is 2.05 bits per heavy atom. The molecule has 3 atom stereocenters. The summed E-state index contributed by atoms with van der Waals surface area (Å²) < 4.78 is 5.01. The SMILES string of the molecule is CCOC(=O)/C=C(/C)[C@H]1C[C@H]2C[C@@H]1c1ccccc12. The number of carbonyl (C=O) groups is 1. The summed E-state index contributed by atoms with van der Waals surface area (Å²) in [5.74, 6) is 1.61. The van der Waals surface area contributed by atoms with Crippen molar-refractivity contribution in [3.63, 3.8) is 0 Å². The van der Waals surface area contributed by atoms with Gasteiger partial charge in [0.25, 0.3) is 0 Å². The van der Waals surface area contributed by atoms with Gasteiger partial charge in [0.1, 0.15) is 0 Å². The number of rotatable bonds is 3. The Morgan fingerprint density at radius 3 is 2.79 bits per heavy atom. The maximum Gasteiger partial charge on any atom is 0.330 e. The van der Waals surface area contributed by atoms with Gasteiger partial charge in [0, 0.05) is 6.08 Å². The highest BCUT2D eigenvalue weighted by Gasteiger charge is 2.43. The highest BCUT2D eigenvalue weighted by Crippen LogP contribution is 2.57. The number of hydrogen-bond donors (Lipinski definition) is 0. The van der Waals surface area contributed by atoms with Crippen molar-refractivity contribution in [1.29, 1.82) is 0 Å². The molecule has 0 heterocycles. The van der Waals surface area contributed by atoms with E-state index in [2.05, 4.69) is 31.2 Å². The summed E-state index contributed by atoms with van der Waals surface area (Å²) in [5.41, 5.74) is 4.22. The summed E-state index contributed by atoms with van der Waals surface area (Å²) in [7, 11) is 0. The molecule has 100 valence electrons. The maximum atomic E-state index is 11.6. The predicted molar refractivity (Wildman–Crippen MR) is 75.0 cm³/mol. The molecule has 3 rings (SSSR count). The summed E-state index contributed by atoms with van der Waals surface area (Å²) in [4.78, 5) is 11.6.